The fourth-order valence-corrected chi connectivity index (χ4v) is 19.9. The van der Waals surface area contributed by atoms with Crippen molar-refractivity contribution in [1.29, 1.82) is 0 Å². The van der Waals surface area contributed by atoms with Gasteiger partial charge in [0, 0.05) is 27.1 Å². The molecule has 15 aromatic carbocycles. The zero-order valence-electron chi connectivity index (χ0n) is 56.8. The van der Waals surface area contributed by atoms with E-state index >= 15 is 0 Å². The Morgan fingerprint density at radius 1 is 0.314 bits per heavy atom. The summed E-state index contributed by atoms with van der Waals surface area (Å²) in [5.41, 5.74) is 38.2. The lowest BCUT2D eigenvalue weighted by Crippen LogP contribution is -2.28. The summed E-state index contributed by atoms with van der Waals surface area (Å²) < 4.78 is 13.9. The molecule has 0 N–H and O–H groups in total. The minimum atomic E-state index is -0.705. The van der Waals surface area contributed by atoms with Gasteiger partial charge >= 0.3 is 0 Å². The van der Waals surface area contributed by atoms with Crippen LogP contribution in [-0.2, 0) is 28.1 Å². The molecule has 2 heterocycles. The summed E-state index contributed by atoms with van der Waals surface area (Å²) in [6.45, 7) is 6.94. The van der Waals surface area contributed by atoms with Gasteiger partial charge in [0.15, 0.2) is 0 Å². The molecule has 478 valence electrons. The third-order valence-electron chi connectivity index (χ3n) is 24.0. The fraction of sp³-hybridized carbons (Fsp3) is 0.0800. The van der Waals surface area contributed by atoms with Crippen LogP contribution in [0.1, 0.15) is 110 Å². The summed E-state index contributed by atoms with van der Waals surface area (Å²) in [6, 6.07) is 124. The molecule has 0 unspecified atom stereocenters. The normalized spacial score (nSPS) is 14.8. The lowest BCUT2D eigenvalue weighted by Gasteiger charge is -2.34. The Morgan fingerprint density at radius 3 is 1.40 bits per heavy atom. The number of benzene rings is 15. The molecule has 0 atom stereocenters. The molecule has 0 aliphatic heterocycles. The average molecular weight is 1300 g/mol. The van der Waals surface area contributed by atoms with E-state index in [1.54, 1.807) is 0 Å². The van der Waals surface area contributed by atoms with Gasteiger partial charge < -0.3 is 8.83 Å². The second-order valence-electron chi connectivity index (χ2n) is 29.9. The minimum Gasteiger partial charge on any atom is -0.456 e. The van der Waals surface area contributed by atoms with Gasteiger partial charge in [0.05, 0.1) is 16.2 Å². The van der Waals surface area contributed by atoms with Crippen LogP contribution < -0.4 is 0 Å². The van der Waals surface area contributed by atoms with E-state index in [-0.39, 0.29) is 5.41 Å². The quantitative estimate of drug-likeness (QED) is 0.149. The van der Waals surface area contributed by atoms with Crippen molar-refractivity contribution < 1.29 is 8.83 Å². The first-order chi connectivity index (χ1) is 50.2. The van der Waals surface area contributed by atoms with Crippen LogP contribution in [-0.4, -0.2) is 0 Å². The molecule has 2 nitrogen and oxygen atoms in total. The van der Waals surface area contributed by atoms with Crippen LogP contribution in [0.2, 0.25) is 0 Å². The van der Waals surface area contributed by atoms with Crippen molar-refractivity contribution >= 4 is 55.5 Å². The zero-order chi connectivity index (χ0) is 67.4. The maximum Gasteiger partial charge on any atom is 0.143 e. The maximum absolute atomic E-state index is 7.07. The Labute approximate surface area is 592 Å². The molecule has 0 fully saturated rings. The molecule has 5 aliphatic rings. The van der Waals surface area contributed by atoms with Crippen molar-refractivity contribution in [1.82, 2.24) is 0 Å². The first-order valence-electron chi connectivity index (χ1n) is 36.0. The molecular formula is C100H66O2. The second kappa shape index (κ2) is 20.9. The summed E-state index contributed by atoms with van der Waals surface area (Å²) in [5, 5.41) is 4.58. The molecule has 2 aromatic heterocycles. The molecule has 0 saturated carbocycles. The van der Waals surface area contributed by atoms with Crippen molar-refractivity contribution in [2.45, 2.75) is 48.9 Å². The van der Waals surface area contributed by atoms with Crippen molar-refractivity contribution in [2.24, 2.45) is 0 Å². The van der Waals surface area contributed by atoms with Crippen LogP contribution in [0.15, 0.2) is 336 Å². The van der Waals surface area contributed by atoms with Gasteiger partial charge in [-0.2, -0.15) is 0 Å². The van der Waals surface area contributed by atoms with Crippen molar-refractivity contribution in [3.63, 3.8) is 0 Å². The van der Waals surface area contributed by atoms with E-state index in [0.29, 0.717) is 6.42 Å². The number of hydrogen-bond donors (Lipinski definition) is 0. The van der Waals surface area contributed by atoms with Gasteiger partial charge in [0.25, 0.3) is 0 Å². The predicted molar refractivity (Wildman–Crippen MR) is 419 cm³/mol. The van der Waals surface area contributed by atoms with E-state index in [2.05, 4.69) is 354 Å². The third kappa shape index (κ3) is 7.48. The second-order valence-corrected chi connectivity index (χ2v) is 29.9. The van der Waals surface area contributed by atoms with Gasteiger partial charge in [-0.25, -0.2) is 0 Å². The molecule has 17 aromatic rings. The van der Waals surface area contributed by atoms with Crippen molar-refractivity contribution in [3.8, 4) is 66.8 Å². The number of fused-ring (bicyclic) bond motifs is 31. The Hall–Kier alpha value is -12.4. The zero-order valence-corrected chi connectivity index (χ0v) is 56.8. The lowest BCUT2D eigenvalue weighted by molar-refractivity contribution is 0.590. The van der Waals surface area contributed by atoms with Gasteiger partial charge in [-0.15, -0.1) is 0 Å². The van der Waals surface area contributed by atoms with E-state index < -0.39 is 16.2 Å². The van der Waals surface area contributed by atoms with E-state index in [9.17, 15) is 0 Å². The van der Waals surface area contributed by atoms with Crippen molar-refractivity contribution in [2.75, 3.05) is 0 Å². The van der Waals surface area contributed by atoms with Crippen LogP contribution in [0.4, 0.5) is 0 Å². The van der Waals surface area contributed by atoms with Gasteiger partial charge in [-0.05, 0) is 210 Å². The van der Waals surface area contributed by atoms with Gasteiger partial charge in [-0.1, -0.05) is 312 Å². The number of allylic oxidation sites excluding steroid dienone is 1. The topological polar surface area (TPSA) is 26.3 Å². The van der Waals surface area contributed by atoms with E-state index in [4.69, 9.17) is 8.83 Å². The number of rotatable bonds is 7. The predicted octanol–water partition coefficient (Wildman–Crippen LogP) is 25.3. The molecule has 2 heteroatoms. The van der Waals surface area contributed by atoms with Crippen LogP contribution in [0.25, 0.3) is 122 Å². The monoisotopic (exact) mass is 1300 g/mol. The molecule has 0 saturated heterocycles. The highest BCUT2D eigenvalue weighted by molar-refractivity contribution is 6.20. The number of furan rings is 2. The molecular weight excluding hydrogens is 1230 g/mol. The molecule has 0 amide bonds. The van der Waals surface area contributed by atoms with Gasteiger partial charge in [0.1, 0.15) is 22.3 Å². The Morgan fingerprint density at radius 2 is 0.784 bits per heavy atom. The van der Waals surface area contributed by atoms with E-state index in [1.165, 1.54) is 150 Å². The smallest absolute Gasteiger partial charge is 0.143 e. The molecule has 0 bridgehead atoms. The van der Waals surface area contributed by atoms with Gasteiger partial charge in [0.2, 0.25) is 0 Å². The van der Waals surface area contributed by atoms with Crippen LogP contribution >= 0.6 is 0 Å². The highest BCUT2D eigenvalue weighted by Gasteiger charge is 2.57. The van der Waals surface area contributed by atoms with Crippen LogP contribution in [0.3, 0.4) is 0 Å². The molecule has 102 heavy (non-hydrogen) atoms. The Bertz CT molecular complexity index is 6350. The van der Waals surface area contributed by atoms with E-state index in [1.807, 2.05) is 0 Å². The SMILES string of the molecule is CC(C)(C)c1ccc(/C(=C\c2ccc3c(c2)C(c2ccccc2)(c2ccccc2)c2cc(-c4ccccc4)c4oc5ccccc5c4c2-3)Cc2ccc3c(c2)C2(c4ccccc4-c4ccccc42)c2cc4c(cc2-3)C2(c3ccccc3-c3ccccc32)c2ccc3oc5ccccc5c3c2-4)cc1. The summed E-state index contributed by atoms with van der Waals surface area (Å²) in [4.78, 5) is 0. The van der Waals surface area contributed by atoms with E-state index in [0.717, 1.165) is 55.2 Å². The fourth-order valence-electron chi connectivity index (χ4n) is 19.9. The lowest BCUT2D eigenvalue weighted by atomic mass is 9.67. The molecule has 0 radical (unpaired) electrons. The molecule has 2 spiro atoms. The molecule has 5 aliphatic carbocycles. The number of para-hydroxylation sites is 2. The summed E-state index contributed by atoms with van der Waals surface area (Å²) in [6.07, 6.45) is 3.19. The molecule has 22 rings (SSSR count). The third-order valence-corrected chi connectivity index (χ3v) is 24.0. The number of hydrogen-bond acceptors (Lipinski definition) is 2. The van der Waals surface area contributed by atoms with Crippen molar-refractivity contribution in [3.05, 3.63) is 417 Å². The summed E-state index contributed by atoms with van der Waals surface area (Å²) >= 11 is 0. The van der Waals surface area contributed by atoms with Gasteiger partial charge in [-0.3, -0.25) is 0 Å². The highest BCUT2D eigenvalue weighted by atomic mass is 16.3. The standard InChI is InChI=1S/C100H66O2/c1-97(2,3)65-47-45-62(46-48-65)64(54-61-44-50-73-85(56-61)98(66-27-9-5-10-28-66,67-29-11-6-12-30-67)88-57-76(63-25-7-4-8-26-63)96-95(92(73)88)75-36-18-24-42-90(75)102-96)53-60-43-49-72-77-58-87-78(59-86(77)100(84(72)55-60)81-39-21-15-33-70(81)71-34-16-22-40-82(71)100)93-83(51-52-91-94(93)74-35-17-23-41-89(74)101-91)99(87)79-37-19-13-31-68(79)69-32-14-20-38-80(69)99/h4-52,54-59H,53H2,1-3H3/b64-54-. The van der Waals surface area contributed by atoms with Crippen LogP contribution in [0.5, 0.6) is 0 Å². The Kier molecular flexibility index (Phi) is 11.8. The Balaban J connectivity index is 0.782. The largest absolute Gasteiger partial charge is 0.456 e. The highest BCUT2D eigenvalue weighted by Crippen LogP contribution is 2.70. The maximum atomic E-state index is 7.07. The first-order valence-corrected chi connectivity index (χ1v) is 36.0. The summed E-state index contributed by atoms with van der Waals surface area (Å²) in [7, 11) is 0. The first kappa shape index (κ1) is 57.5. The van der Waals surface area contributed by atoms with Crippen LogP contribution in [0, 0.1) is 0 Å². The average Bonchev–Trinajstić information content (AvgIpc) is 1.47. The minimum absolute atomic E-state index is 0.0241. The summed E-state index contributed by atoms with van der Waals surface area (Å²) in [5.74, 6) is 0.